The number of alkyl halides is 2. The molecule has 0 N–H and O–H groups in total. The van der Waals surface area contributed by atoms with Gasteiger partial charge in [0.15, 0.2) is 0 Å². The van der Waals surface area contributed by atoms with Crippen LogP contribution in [0.25, 0.3) is 11.3 Å². The van der Waals surface area contributed by atoms with Crippen LogP contribution in [-0.2, 0) is 0 Å². The van der Waals surface area contributed by atoms with Gasteiger partial charge in [-0.2, -0.15) is 5.10 Å². The zero-order chi connectivity index (χ0) is 14.2. The molecule has 5 heteroatoms. The second-order valence-electron chi connectivity index (χ2n) is 4.79. The van der Waals surface area contributed by atoms with E-state index < -0.39 is 12.2 Å². The van der Waals surface area contributed by atoms with Crippen LogP contribution in [0, 0.1) is 12.7 Å². The number of aromatic nitrogens is 2. The monoisotopic (exact) mass is 268 g/mol. The first kappa shape index (κ1) is 13.6. The van der Waals surface area contributed by atoms with E-state index in [0.29, 0.717) is 0 Å². The average molecular weight is 268 g/mol. The Bertz CT molecular complexity index is 588. The van der Waals surface area contributed by atoms with Crippen LogP contribution in [0.5, 0.6) is 0 Å². The fourth-order valence-corrected chi connectivity index (χ4v) is 1.86. The molecule has 0 radical (unpaired) electrons. The predicted molar refractivity (Wildman–Crippen MR) is 67.7 cm³/mol. The Hall–Kier alpha value is -1.78. The van der Waals surface area contributed by atoms with Crippen LogP contribution in [0.15, 0.2) is 24.4 Å². The molecule has 0 bridgehead atoms. The summed E-state index contributed by atoms with van der Waals surface area (Å²) in [6, 6.07) is 4.35. The molecule has 0 aliphatic heterocycles. The molecule has 0 unspecified atom stereocenters. The number of hydrogen-bond donors (Lipinski definition) is 0. The third kappa shape index (κ3) is 2.64. The van der Waals surface area contributed by atoms with Gasteiger partial charge in [0.05, 0.1) is 5.56 Å². The second kappa shape index (κ2) is 5.07. The van der Waals surface area contributed by atoms with Gasteiger partial charge < -0.3 is 0 Å². The summed E-state index contributed by atoms with van der Waals surface area (Å²) in [6.07, 6.45) is -1.39. The highest BCUT2D eigenvalue weighted by Gasteiger charge is 2.22. The summed E-state index contributed by atoms with van der Waals surface area (Å²) in [5.41, 5.74) is 0.702. The maximum absolute atomic E-state index is 13.8. The Labute approximate surface area is 109 Å². The zero-order valence-electron chi connectivity index (χ0n) is 11.0. The van der Waals surface area contributed by atoms with Gasteiger partial charge in [-0.15, -0.1) is 0 Å². The first-order valence-electron chi connectivity index (χ1n) is 6.04. The zero-order valence-corrected chi connectivity index (χ0v) is 11.0. The van der Waals surface area contributed by atoms with Gasteiger partial charge in [-0.25, -0.2) is 13.2 Å². The van der Waals surface area contributed by atoms with Crippen LogP contribution < -0.4 is 0 Å². The molecule has 0 aliphatic rings. The molecule has 0 amide bonds. The van der Waals surface area contributed by atoms with Crippen LogP contribution in [0.1, 0.15) is 37.4 Å². The molecule has 0 spiro atoms. The molecule has 1 heterocycles. The van der Waals surface area contributed by atoms with Gasteiger partial charge in [0.2, 0.25) is 0 Å². The van der Waals surface area contributed by atoms with Crippen molar-refractivity contribution in [2.24, 2.45) is 0 Å². The highest BCUT2D eigenvalue weighted by molar-refractivity contribution is 5.64. The standard InChI is InChI=1S/C14H15F3N2/c1-8(2)19-7-11(14(16)17)13(18-19)10-6-9(3)4-5-12(10)15/h4-8,14H,1-3H3. The molecular weight excluding hydrogens is 253 g/mol. The summed E-state index contributed by atoms with van der Waals surface area (Å²) in [6.45, 7) is 5.45. The van der Waals surface area contributed by atoms with Crippen molar-refractivity contribution in [2.45, 2.75) is 33.2 Å². The van der Waals surface area contributed by atoms with Crippen molar-refractivity contribution in [2.75, 3.05) is 0 Å². The predicted octanol–water partition coefficient (Wildman–Crippen LogP) is 4.52. The van der Waals surface area contributed by atoms with Crippen LogP contribution in [-0.4, -0.2) is 9.78 Å². The number of rotatable bonds is 3. The number of aryl methyl sites for hydroxylation is 1. The van der Waals surface area contributed by atoms with Gasteiger partial charge in [0.1, 0.15) is 11.5 Å². The Balaban J connectivity index is 2.63. The van der Waals surface area contributed by atoms with E-state index in [1.54, 1.807) is 13.0 Å². The Kier molecular flexibility index (Phi) is 3.64. The summed E-state index contributed by atoms with van der Waals surface area (Å²) >= 11 is 0. The first-order chi connectivity index (χ1) is 8.90. The lowest BCUT2D eigenvalue weighted by Crippen LogP contribution is -2.01. The minimum Gasteiger partial charge on any atom is -0.269 e. The van der Waals surface area contributed by atoms with Crippen molar-refractivity contribution < 1.29 is 13.2 Å². The Morgan fingerprint density at radius 2 is 1.89 bits per heavy atom. The number of benzene rings is 1. The summed E-state index contributed by atoms with van der Waals surface area (Å²) < 4.78 is 41.3. The van der Waals surface area contributed by atoms with Crippen molar-refractivity contribution in [3.05, 3.63) is 41.3 Å². The maximum atomic E-state index is 13.8. The fraction of sp³-hybridized carbons (Fsp3) is 0.357. The molecule has 2 rings (SSSR count). The van der Waals surface area contributed by atoms with Crippen molar-refractivity contribution in [3.63, 3.8) is 0 Å². The molecule has 0 saturated carbocycles. The molecule has 0 atom stereocenters. The van der Waals surface area contributed by atoms with Gasteiger partial charge in [-0.3, -0.25) is 4.68 Å². The molecule has 2 aromatic rings. The van der Waals surface area contributed by atoms with E-state index in [0.717, 1.165) is 5.56 Å². The Morgan fingerprint density at radius 1 is 1.21 bits per heavy atom. The molecule has 102 valence electrons. The van der Waals surface area contributed by atoms with E-state index in [9.17, 15) is 13.2 Å². The number of nitrogens with zero attached hydrogens (tertiary/aromatic N) is 2. The lowest BCUT2D eigenvalue weighted by Gasteiger charge is -2.05. The minimum absolute atomic E-state index is 0.0184. The van der Waals surface area contributed by atoms with E-state index >= 15 is 0 Å². The highest BCUT2D eigenvalue weighted by atomic mass is 19.3. The molecule has 0 fully saturated rings. The maximum Gasteiger partial charge on any atom is 0.267 e. The molecule has 1 aromatic carbocycles. The van der Waals surface area contributed by atoms with Gasteiger partial charge >= 0.3 is 0 Å². The summed E-state index contributed by atoms with van der Waals surface area (Å²) in [5, 5.41) is 4.10. The van der Waals surface area contributed by atoms with Crippen LogP contribution in [0.4, 0.5) is 13.2 Å². The normalized spacial score (nSPS) is 11.6. The largest absolute Gasteiger partial charge is 0.269 e. The Morgan fingerprint density at radius 3 is 2.47 bits per heavy atom. The topological polar surface area (TPSA) is 17.8 Å². The lowest BCUT2D eigenvalue weighted by molar-refractivity contribution is 0.152. The van der Waals surface area contributed by atoms with E-state index in [2.05, 4.69) is 5.10 Å². The van der Waals surface area contributed by atoms with Gasteiger partial charge in [0.25, 0.3) is 6.43 Å². The van der Waals surface area contributed by atoms with E-state index in [1.807, 2.05) is 13.8 Å². The SMILES string of the molecule is Cc1ccc(F)c(-c2nn(C(C)C)cc2C(F)F)c1. The van der Waals surface area contributed by atoms with Crippen molar-refractivity contribution in [3.8, 4) is 11.3 Å². The third-order valence-electron chi connectivity index (χ3n) is 2.90. The molecule has 19 heavy (non-hydrogen) atoms. The summed E-state index contributed by atoms with van der Waals surface area (Å²) in [7, 11) is 0. The first-order valence-corrected chi connectivity index (χ1v) is 6.04. The average Bonchev–Trinajstić information content (AvgIpc) is 2.77. The van der Waals surface area contributed by atoms with Crippen LogP contribution in [0.3, 0.4) is 0 Å². The summed E-state index contributed by atoms with van der Waals surface area (Å²) in [4.78, 5) is 0. The number of halogens is 3. The second-order valence-corrected chi connectivity index (χ2v) is 4.79. The highest BCUT2D eigenvalue weighted by Crippen LogP contribution is 2.32. The van der Waals surface area contributed by atoms with Gasteiger partial charge in [-0.1, -0.05) is 11.6 Å². The quantitative estimate of drug-likeness (QED) is 0.800. The van der Waals surface area contributed by atoms with E-state index in [-0.39, 0.29) is 22.9 Å². The lowest BCUT2D eigenvalue weighted by atomic mass is 10.1. The molecule has 0 saturated heterocycles. The van der Waals surface area contributed by atoms with Crippen molar-refractivity contribution >= 4 is 0 Å². The van der Waals surface area contributed by atoms with Crippen LogP contribution in [0.2, 0.25) is 0 Å². The molecule has 0 aliphatic carbocycles. The summed E-state index contributed by atoms with van der Waals surface area (Å²) in [5.74, 6) is -0.540. The number of hydrogen-bond acceptors (Lipinski definition) is 1. The van der Waals surface area contributed by atoms with Crippen LogP contribution >= 0.6 is 0 Å². The fourth-order valence-electron chi connectivity index (χ4n) is 1.86. The minimum atomic E-state index is -2.68. The molecule has 1 aromatic heterocycles. The van der Waals surface area contributed by atoms with Gasteiger partial charge in [-0.05, 0) is 32.9 Å². The molecular formula is C14H15F3N2. The smallest absolute Gasteiger partial charge is 0.267 e. The van der Waals surface area contributed by atoms with E-state index in [4.69, 9.17) is 0 Å². The molecule has 2 nitrogen and oxygen atoms in total. The third-order valence-corrected chi connectivity index (χ3v) is 2.90. The van der Waals surface area contributed by atoms with Gasteiger partial charge in [0, 0.05) is 17.8 Å². The van der Waals surface area contributed by atoms with Crippen molar-refractivity contribution in [1.82, 2.24) is 9.78 Å². The van der Waals surface area contributed by atoms with E-state index in [1.165, 1.54) is 23.0 Å². The van der Waals surface area contributed by atoms with Crippen molar-refractivity contribution in [1.29, 1.82) is 0 Å².